The molecule has 0 aliphatic rings. The zero-order chi connectivity index (χ0) is 18.0. The first kappa shape index (κ1) is 17.7. The Kier molecular flexibility index (Phi) is 5.26. The summed E-state index contributed by atoms with van der Waals surface area (Å²) in [5, 5.41) is 23.3. The number of benzene rings is 3. The second kappa shape index (κ2) is 7.42. The molecule has 2 nitrogen and oxygen atoms in total. The highest BCUT2D eigenvalue weighted by atomic mass is 79.9. The van der Waals surface area contributed by atoms with Gasteiger partial charge in [-0.2, -0.15) is 0 Å². The van der Waals surface area contributed by atoms with E-state index < -0.39 is 6.10 Å². The monoisotopic (exact) mass is 396 g/mol. The predicted molar refractivity (Wildman–Crippen MR) is 108 cm³/mol. The molecule has 0 aromatic heterocycles. The van der Waals surface area contributed by atoms with Crippen LogP contribution in [-0.4, -0.2) is 10.2 Å². The number of hydrogen-bond donors (Lipinski definition) is 2. The molecule has 0 aliphatic carbocycles. The molecule has 0 aliphatic heterocycles. The fourth-order valence-electron chi connectivity index (χ4n) is 3.21. The molecule has 0 spiro atoms. The third kappa shape index (κ3) is 3.35. The molecule has 3 heteroatoms. The maximum atomic E-state index is 10.8. The second-order valence-corrected chi connectivity index (χ2v) is 6.95. The third-order valence-electron chi connectivity index (χ3n) is 4.63. The van der Waals surface area contributed by atoms with Gasteiger partial charge in [0.25, 0.3) is 0 Å². The Morgan fingerprint density at radius 2 is 1.72 bits per heavy atom. The third-order valence-corrected chi connectivity index (χ3v) is 5.15. The molecule has 3 aromatic carbocycles. The van der Waals surface area contributed by atoms with Crippen molar-refractivity contribution in [2.75, 3.05) is 0 Å². The Balaban J connectivity index is 2.29. The maximum Gasteiger partial charge on any atom is 0.129 e. The second-order valence-electron chi connectivity index (χ2n) is 6.03. The number of allylic oxidation sites excluding steroid dienone is 1. The molecule has 1 atom stereocenters. The molecule has 1 unspecified atom stereocenters. The lowest BCUT2D eigenvalue weighted by molar-refractivity contribution is 0.208. The number of halogens is 1. The van der Waals surface area contributed by atoms with Gasteiger partial charge in [0.15, 0.2) is 0 Å². The van der Waals surface area contributed by atoms with Crippen LogP contribution >= 0.6 is 15.9 Å². The minimum atomic E-state index is -0.811. The van der Waals surface area contributed by atoms with Crippen molar-refractivity contribution in [3.63, 3.8) is 0 Å². The first-order chi connectivity index (χ1) is 12.1. The molecule has 128 valence electrons. The van der Waals surface area contributed by atoms with Gasteiger partial charge >= 0.3 is 0 Å². The van der Waals surface area contributed by atoms with Gasteiger partial charge in [-0.1, -0.05) is 65.3 Å². The molecule has 0 saturated carbocycles. The summed E-state index contributed by atoms with van der Waals surface area (Å²) in [6.07, 6.45) is 1.84. The van der Waals surface area contributed by atoms with E-state index in [9.17, 15) is 10.2 Å². The number of aromatic hydroxyl groups is 1. The smallest absolute Gasteiger partial charge is 0.129 e. The molecule has 0 saturated heterocycles. The summed E-state index contributed by atoms with van der Waals surface area (Å²) in [5.41, 5.74) is 3.49. The summed E-state index contributed by atoms with van der Waals surface area (Å²) in [4.78, 5) is 0. The fraction of sp³-hybridized carbons (Fsp3) is 0.182. The van der Waals surface area contributed by atoms with Crippen LogP contribution in [0.3, 0.4) is 0 Å². The molecule has 0 fully saturated rings. The number of phenolic OH excluding ortho intramolecular Hbond substituents is 1. The molecule has 0 bridgehead atoms. The van der Waals surface area contributed by atoms with Gasteiger partial charge in [0.2, 0.25) is 0 Å². The Hall–Kier alpha value is -2.10. The summed E-state index contributed by atoms with van der Waals surface area (Å²) in [6, 6.07) is 17.7. The first-order valence-electron chi connectivity index (χ1n) is 8.40. The Labute approximate surface area is 156 Å². The summed E-state index contributed by atoms with van der Waals surface area (Å²) >= 11 is 3.47. The lowest BCUT2D eigenvalue weighted by Crippen LogP contribution is -2.02. The van der Waals surface area contributed by atoms with Crippen molar-refractivity contribution in [3.8, 4) is 16.9 Å². The topological polar surface area (TPSA) is 40.5 Å². The molecule has 0 radical (unpaired) electrons. The van der Waals surface area contributed by atoms with E-state index in [0.29, 0.717) is 5.56 Å². The normalized spacial score (nSPS) is 13.2. The van der Waals surface area contributed by atoms with Crippen LogP contribution < -0.4 is 0 Å². The molecular weight excluding hydrogens is 376 g/mol. The van der Waals surface area contributed by atoms with Crippen molar-refractivity contribution in [2.45, 2.75) is 26.4 Å². The van der Waals surface area contributed by atoms with E-state index in [2.05, 4.69) is 15.9 Å². The van der Waals surface area contributed by atoms with Crippen LogP contribution in [0.5, 0.6) is 5.75 Å². The summed E-state index contributed by atoms with van der Waals surface area (Å²) in [7, 11) is 0. The van der Waals surface area contributed by atoms with Gasteiger partial charge in [-0.05, 0) is 53.6 Å². The minimum Gasteiger partial charge on any atom is -0.507 e. The number of phenols is 1. The van der Waals surface area contributed by atoms with Crippen molar-refractivity contribution >= 4 is 26.7 Å². The van der Waals surface area contributed by atoms with E-state index >= 15 is 0 Å². The average molecular weight is 397 g/mol. The van der Waals surface area contributed by atoms with Crippen molar-refractivity contribution < 1.29 is 10.2 Å². The predicted octanol–water partition coefficient (Wildman–Crippen LogP) is 6.36. The van der Waals surface area contributed by atoms with Gasteiger partial charge in [-0.3, -0.25) is 0 Å². The van der Waals surface area contributed by atoms with Crippen molar-refractivity contribution in [1.82, 2.24) is 0 Å². The highest BCUT2D eigenvalue weighted by Gasteiger charge is 2.20. The van der Waals surface area contributed by atoms with Gasteiger partial charge in [0.05, 0.1) is 0 Å². The van der Waals surface area contributed by atoms with E-state index in [1.165, 1.54) is 0 Å². The fourth-order valence-corrected chi connectivity index (χ4v) is 3.48. The summed E-state index contributed by atoms with van der Waals surface area (Å²) in [6.45, 7) is 3.92. The standard InChI is InChI=1S/C22H21BrO2/c1-3-14(4-2)21(24)20-13-19(15-9-11-16(23)12-10-15)17-7-5-6-8-18(17)22(20)25/h3,5-13,21,24-25H,4H2,1-2H3/b14-3-. The van der Waals surface area contributed by atoms with E-state index in [0.717, 1.165) is 38.4 Å². The lowest BCUT2D eigenvalue weighted by atomic mass is 9.90. The minimum absolute atomic E-state index is 0.150. The van der Waals surface area contributed by atoms with Crippen LogP contribution in [0, 0.1) is 0 Å². The average Bonchev–Trinajstić information content (AvgIpc) is 2.64. The Morgan fingerprint density at radius 1 is 1.08 bits per heavy atom. The van der Waals surface area contributed by atoms with Gasteiger partial charge in [0.1, 0.15) is 11.9 Å². The largest absolute Gasteiger partial charge is 0.507 e. The molecule has 0 amide bonds. The summed E-state index contributed by atoms with van der Waals surface area (Å²) in [5.74, 6) is 0.150. The van der Waals surface area contributed by atoms with Crippen LogP contribution in [-0.2, 0) is 0 Å². The van der Waals surface area contributed by atoms with Gasteiger partial charge < -0.3 is 10.2 Å². The first-order valence-corrected chi connectivity index (χ1v) is 9.19. The van der Waals surface area contributed by atoms with Gasteiger partial charge in [-0.15, -0.1) is 0 Å². The van der Waals surface area contributed by atoms with Crippen LogP contribution in [0.2, 0.25) is 0 Å². The lowest BCUT2D eigenvalue weighted by Gasteiger charge is -2.19. The van der Waals surface area contributed by atoms with Crippen LogP contribution in [0.25, 0.3) is 21.9 Å². The van der Waals surface area contributed by atoms with Crippen molar-refractivity contribution in [3.05, 3.63) is 76.3 Å². The van der Waals surface area contributed by atoms with E-state index in [-0.39, 0.29) is 5.75 Å². The van der Waals surface area contributed by atoms with E-state index in [4.69, 9.17) is 0 Å². The maximum absolute atomic E-state index is 10.8. The highest BCUT2D eigenvalue weighted by molar-refractivity contribution is 9.10. The van der Waals surface area contributed by atoms with Crippen LogP contribution in [0.1, 0.15) is 31.9 Å². The molecule has 0 heterocycles. The van der Waals surface area contributed by atoms with Gasteiger partial charge in [-0.25, -0.2) is 0 Å². The van der Waals surface area contributed by atoms with Crippen LogP contribution in [0.4, 0.5) is 0 Å². The number of hydrogen-bond acceptors (Lipinski definition) is 2. The Morgan fingerprint density at radius 3 is 2.32 bits per heavy atom. The summed E-state index contributed by atoms with van der Waals surface area (Å²) < 4.78 is 1.02. The number of rotatable bonds is 4. The van der Waals surface area contributed by atoms with Gasteiger partial charge in [0, 0.05) is 15.4 Å². The zero-order valence-electron chi connectivity index (χ0n) is 14.3. The van der Waals surface area contributed by atoms with Crippen LogP contribution in [0.15, 0.2) is 70.7 Å². The molecular formula is C22H21BrO2. The number of aliphatic hydroxyl groups is 1. The molecule has 3 rings (SSSR count). The number of aliphatic hydroxyl groups excluding tert-OH is 1. The molecule has 25 heavy (non-hydrogen) atoms. The van der Waals surface area contributed by atoms with Crippen molar-refractivity contribution in [1.29, 1.82) is 0 Å². The SMILES string of the molecule is C/C=C(/CC)C(O)c1cc(-c2ccc(Br)cc2)c2ccccc2c1O. The highest BCUT2D eigenvalue weighted by Crippen LogP contribution is 2.41. The number of fused-ring (bicyclic) bond motifs is 1. The quantitative estimate of drug-likeness (QED) is 0.503. The Bertz CT molecular complexity index is 927. The van der Waals surface area contributed by atoms with Crippen molar-refractivity contribution in [2.24, 2.45) is 0 Å². The van der Waals surface area contributed by atoms with E-state index in [1.807, 2.05) is 74.5 Å². The molecule has 2 N–H and O–H groups in total. The zero-order valence-corrected chi connectivity index (χ0v) is 15.9. The van der Waals surface area contributed by atoms with E-state index in [1.54, 1.807) is 0 Å². The molecule has 3 aromatic rings.